The lowest BCUT2D eigenvalue weighted by molar-refractivity contribution is -0.153. The standard InChI is InChI=1S/C23H23NO6/c1-15(25)17-11-19-20(30-14-29-19)12-18(17)24-21(26)13-28-22(27)23(9-5-6-10-23)16-7-3-2-4-8-16/h2-4,7-8,11-12H,5-6,9-10,13-14H2,1H3,(H,24,26). The van der Waals surface area contributed by atoms with Gasteiger partial charge in [0.15, 0.2) is 23.9 Å². The lowest BCUT2D eigenvalue weighted by atomic mass is 9.79. The van der Waals surface area contributed by atoms with Crippen molar-refractivity contribution in [2.45, 2.75) is 38.0 Å². The van der Waals surface area contributed by atoms with Crippen LogP contribution >= 0.6 is 0 Å². The van der Waals surface area contributed by atoms with Crippen LogP contribution < -0.4 is 14.8 Å². The first-order valence-electron chi connectivity index (χ1n) is 9.97. The van der Waals surface area contributed by atoms with E-state index >= 15 is 0 Å². The predicted molar refractivity (Wildman–Crippen MR) is 109 cm³/mol. The highest BCUT2D eigenvalue weighted by Gasteiger charge is 2.44. The Morgan fingerprint density at radius 3 is 2.37 bits per heavy atom. The van der Waals surface area contributed by atoms with Gasteiger partial charge in [0.1, 0.15) is 0 Å². The summed E-state index contributed by atoms with van der Waals surface area (Å²) >= 11 is 0. The van der Waals surface area contributed by atoms with E-state index in [0.717, 1.165) is 18.4 Å². The van der Waals surface area contributed by atoms with Gasteiger partial charge in [-0.3, -0.25) is 14.4 Å². The van der Waals surface area contributed by atoms with E-state index in [1.807, 2.05) is 30.3 Å². The molecule has 0 spiro atoms. The Balaban J connectivity index is 1.45. The first-order chi connectivity index (χ1) is 14.5. The molecule has 0 atom stereocenters. The monoisotopic (exact) mass is 409 g/mol. The molecule has 0 bridgehead atoms. The van der Waals surface area contributed by atoms with Crippen LogP contribution in [0.2, 0.25) is 0 Å². The summed E-state index contributed by atoms with van der Waals surface area (Å²) in [5, 5.41) is 2.65. The molecule has 0 saturated heterocycles. The average molecular weight is 409 g/mol. The zero-order chi connectivity index (χ0) is 21.1. The van der Waals surface area contributed by atoms with Gasteiger partial charge in [-0.15, -0.1) is 0 Å². The number of nitrogens with one attached hydrogen (secondary N) is 1. The molecule has 4 rings (SSSR count). The summed E-state index contributed by atoms with van der Waals surface area (Å²) in [6, 6.07) is 12.6. The second kappa shape index (κ2) is 8.18. The number of fused-ring (bicyclic) bond motifs is 1. The molecule has 30 heavy (non-hydrogen) atoms. The van der Waals surface area contributed by atoms with Crippen molar-refractivity contribution in [2.24, 2.45) is 0 Å². The van der Waals surface area contributed by atoms with Crippen LogP contribution in [-0.2, 0) is 19.7 Å². The van der Waals surface area contributed by atoms with E-state index in [4.69, 9.17) is 14.2 Å². The Labute approximate surface area is 174 Å². The molecule has 1 aliphatic heterocycles. The number of carbonyl (C=O) groups is 3. The van der Waals surface area contributed by atoms with Crippen molar-refractivity contribution in [3.05, 3.63) is 53.6 Å². The molecule has 0 radical (unpaired) electrons. The molecule has 1 aliphatic carbocycles. The van der Waals surface area contributed by atoms with E-state index in [-0.39, 0.29) is 18.5 Å². The van der Waals surface area contributed by atoms with Crippen molar-refractivity contribution >= 4 is 23.3 Å². The van der Waals surface area contributed by atoms with Crippen LogP contribution in [0.4, 0.5) is 5.69 Å². The second-order valence-electron chi connectivity index (χ2n) is 7.59. The van der Waals surface area contributed by atoms with Crippen molar-refractivity contribution in [3.63, 3.8) is 0 Å². The van der Waals surface area contributed by atoms with Crippen molar-refractivity contribution in [3.8, 4) is 11.5 Å². The Hall–Kier alpha value is -3.35. The number of anilines is 1. The van der Waals surface area contributed by atoms with Gasteiger partial charge in [-0.1, -0.05) is 43.2 Å². The quantitative estimate of drug-likeness (QED) is 0.579. The summed E-state index contributed by atoms with van der Waals surface area (Å²) in [6.07, 6.45) is 3.28. The largest absolute Gasteiger partial charge is 0.455 e. The number of rotatable bonds is 6. The molecular weight excluding hydrogens is 386 g/mol. The van der Waals surface area contributed by atoms with Crippen molar-refractivity contribution in [2.75, 3.05) is 18.7 Å². The topological polar surface area (TPSA) is 90.9 Å². The summed E-state index contributed by atoms with van der Waals surface area (Å²) in [5.41, 5.74) is 0.814. The predicted octanol–water partition coefficient (Wildman–Crippen LogP) is 3.61. The Morgan fingerprint density at radius 1 is 1.03 bits per heavy atom. The highest BCUT2D eigenvalue weighted by atomic mass is 16.7. The van der Waals surface area contributed by atoms with Gasteiger partial charge in [-0.2, -0.15) is 0 Å². The van der Waals surface area contributed by atoms with Gasteiger partial charge in [0.05, 0.1) is 11.1 Å². The van der Waals surface area contributed by atoms with E-state index < -0.39 is 17.9 Å². The number of ether oxygens (including phenoxy) is 3. The second-order valence-corrected chi connectivity index (χ2v) is 7.59. The van der Waals surface area contributed by atoms with Crippen LogP contribution in [0.5, 0.6) is 11.5 Å². The molecule has 7 nitrogen and oxygen atoms in total. The number of hydrogen-bond acceptors (Lipinski definition) is 6. The number of hydrogen-bond donors (Lipinski definition) is 1. The van der Waals surface area contributed by atoms with Gasteiger partial charge in [-0.25, -0.2) is 0 Å². The summed E-state index contributed by atoms with van der Waals surface area (Å²) in [4.78, 5) is 37.4. The van der Waals surface area contributed by atoms with E-state index in [2.05, 4.69) is 5.32 Å². The number of carbonyl (C=O) groups excluding carboxylic acids is 3. The lowest BCUT2D eigenvalue weighted by Crippen LogP contribution is -2.36. The molecule has 2 aromatic rings. The molecular formula is C23H23NO6. The van der Waals surface area contributed by atoms with Gasteiger partial charge in [0, 0.05) is 11.6 Å². The van der Waals surface area contributed by atoms with E-state index in [9.17, 15) is 14.4 Å². The molecule has 1 N–H and O–H groups in total. The fourth-order valence-electron chi connectivity index (χ4n) is 4.14. The molecule has 1 amide bonds. The molecule has 2 aliphatic rings. The van der Waals surface area contributed by atoms with Crippen LogP contribution in [0, 0.1) is 0 Å². The van der Waals surface area contributed by atoms with Gasteiger partial charge in [0.25, 0.3) is 5.91 Å². The average Bonchev–Trinajstić information content (AvgIpc) is 3.42. The fraction of sp³-hybridized carbons (Fsp3) is 0.348. The molecule has 1 fully saturated rings. The van der Waals surface area contributed by atoms with Crippen molar-refractivity contribution < 1.29 is 28.6 Å². The van der Waals surface area contributed by atoms with Crippen LogP contribution in [0.15, 0.2) is 42.5 Å². The maximum absolute atomic E-state index is 13.0. The Bertz CT molecular complexity index is 979. The third-order valence-corrected chi connectivity index (χ3v) is 5.67. The number of amides is 1. The van der Waals surface area contributed by atoms with Gasteiger partial charge >= 0.3 is 5.97 Å². The molecule has 0 aromatic heterocycles. The van der Waals surface area contributed by atoms with E-state index in [1.165, 1.54) is 13.0 Å². The molecule has 1 saturated carbocycles. The number of ketones is 1. The smallest absolute Gasteiger partial charge is 0.317 e. The number of esters is 1. The van der Waals surface area contributed by atoms with Gasteiger partial charge < -0.3 is 19.5 Å². The number of Topliss-reactive ketones (excluding diaryl/α,β-unsaturated/α-hetero) is 1. The van der Waals surface area contributed by atoms with Crippen molar-refractivity contribution in [1.29, 1.82) is 0 Å². The van der Waals surface area contributed by atoms with Crippen molar-refractivity contribution in [1.82, 2.24) is 0 Å². The SMILES string of the molecule is CC(=O)c1cc2c(cc1NC(=O)COC(=O)C1(c3ccccc3)CCCC1)OCO2. The Morgan fingerprint density at radius 2 is 1.70 bits per heavy atom. The normalized spacial score (nSPS) is 16.2. The molecule has 7 heteroatoms. The van der Waals surface area contributed by atoms with Crippen LogP contribution in [0.1, 0.15) is 48.5 Å². The molecule has 1 heterocycles. The van der Waals surface area contributed by atoms with E-state index in [0.29, 0.717) is 35.6 Å². The van der Waals surface area contributed by atoms with Crippen LogP contribution in [0.3, 0.4) is 0 Å². The summed E-state index contributed by atoms with van der Waals surface area (Å²) < 4.78 is 16.0. The maximum Gasteiger partial charge on any atom is 0.317 e. The third-order valence-electron chi connectivity index (χ3n) is 5.67. The summed E-state index contributed by atoms with van der Waals surface area (Å²) in [6.45, 7) is 1.03. The number of benzene rings is 2. The molecule has 2 aromatic carbocycles. The molecule has 156 valence electrons. The van der Waals surface area contributed by atoms with E-state index in [1.54, 1.807) is 6.07 Å². The zero-order valence-corrected chi connectivity index (χ0v) is 16.7. The minimum atomic E-state index is -0.704. The molecule has 0 unspecified atom stereocenters. The minimum Gasteiger partial charge on any atom is -0.455 e. The summed E-state index contributed by atoms with van der Waals surface area (Å²) in [5.74, 6) is -0.240. The Kier molecular flexibility index (Phi) is 5.44. The zero-order valence-electron chi connectivity index (χ0n) is 16.7. The highest BCUT2D eigenvalue weighted by molar-refractivity contribution is 6.05. The minimum absolute atomic E-state index is 0.0588. The first-order valence-corrected chi connectivity index (χ1v) is 9.97. The third kappa shape index (κ3) is 3.75. The van der Waals surface area contributed by atoms with Gasteiger partial charge in [0.2, 0.25) is 6.79 Å². The van der Waals surface area contributed by atoms with Gasteiger partial charge in [-0.05, 0) is 31.4 Å². The lowest BCUT2D eigenvalue weighted by Gasteiger charge is -2.27. The fourth-order valence-corrected chi connectivity index (χ4v) is 4.14. The maximum atomic E-state index is 13.0. The van der Waals surface area contributed by atoms with Crippen LogP contribution in [0.25, 0.3) is 0 Å². The first kappa shape index (κ1) is 19.9. The summed E-state index contributed by atoms with van der Waals surface area (Å²) in [7, 11) is 0. The van der Waals surface area contributed by atoms with Crippen LogP contribution in [-0.4, -0.2) is 31.1 Å². The highest BCUT2D eigenvalue weighted by Crippen LogP contribution is 2.42.